The maximum Gasteiger partial charge on any atom is 0.253 e. The van der Waals surface area contributed by atoms with Crippen LogP contribution in [0.25, 0.3) is 10.9 Å². The van der Waals surface area contributed by atoms with Gasteiger partial charge in [0.15, 0.2) is 0 Å². The standard InChI is InChI=1S/C13H16N4O.ClH/c18-13(17-9-1-4-14-5-2-9)11-8-16-12-3-6-15-7-10(11)12;/h3,6-9,14,16H,1-2,4-5H2,(H,17,18);1H. The van der Waals surface area contributed by atoms with E-state index in [0.717, 1.165) is 36.8 Å². The van der Waals surface area contributed by atoms with Gasteiger partial charge in [0.2, 0.25) is 0 Å². The minimum Gasteiger partial charge on any atom is -0.360 e. The molecule has 1 amide bonds. The van der Waals surface area contributed by atoms with Crippen molar-refractivity contribution in [2.45, 2.75) is 18.9 Å². The maximum atomic E-state index is 12.2. The van der Waals surface area contributed by atoms with Gasteiger partial charge in [0, 0.05) is 35.5 Å². The normalized spacial score (nSPS) is 16.0. The summed E-state index contributed by atoms with van der Waals surface area (Å²) in [5, 5.41) is 7.25. The van der Waals surface area contributed by atoms with E-state index in [2.05, 4.69) is 20.6 Å². The van der Waals surface area contributed by atoms with Crippen molar-refractivity contribution in [3.8, 4) is 0 Å². The largest absolute Gasteiger partial charge is 0.360 e. The van der Waals surface area contributed by atoms with Gasteiger partial charge in [0.05, 0.1) is 5.56 Å². The van der Waals surface area contributed by atoms with Gasteiger partial charge in [-0.05, 0) is 32.0 Å². The predicted octanol–water partition coefficient (Wildman–Crippen LogP) is 1.47. The first-order chi connectivity index (χ1) is 8.84. The van der Waals surface area contributed by atoms with E-state index in [1.165, 1.54) is 0 Å². The molecule has 0 unspecified atom stereocenters. The number of H-pyrrole nitrogens is 1. The second kappa shape index (κ2) is 6.04. The number of aromatic amines is 1. The Kier molecular flexibility index (Phi) is 4.39. The number of fused-ring (bicyclic) bond motifs is 1. The Balaban J connectivity index is 0.00000133. The van der Waals surface area contributed by atoms with Crippen LogP contribution in [0.5, 0.6) is 0 Å². The zero-order valence-corrected chi connectivity index (χ0v) is 11.3. The number of nitrogens with zero attached hydrogens (tertiary/aromatic N) is 1. The molecule has 3 rings (SSSR count). The summed E-state index contributed by atoms with van der Waals surface area (Å²) in [5.41, 5.74) is 1.62. The maximum absolute atomic E-state index is 12.2. The monoisotopic (exact) mass is 280 g/mol. The van der Waals surface area contributed by atoms with Gasteiger partial charge in [-0.2, -0.15) is 0 Å². The number of carbonyl (C=O) groups excluding carboxylic acids is 1. The van der Waals surface area contributed by atoms with Crippen LogP contribution in [0.1, 0.15) is 23.2 Å². The number of aromatic nitrogens is 2. The first-order valence-corrected chi connectivity index (χ1v) is 6.27. The summed E-state index contributed by atoms with van der Waals surface area (Å²) in [5.74, 6) is -0.0128. The van der Waals surface area contributed by atoms with Gasteiger partial charge in [-0.25, -0.2) is 0 Å². The number of hydrogen-bond donors (Lipinski definition) is 3. The van der Waals surface area contributed by atoms with Crippen molar-refractivity contribution in [1.82, 2.24) is 20.6 Å². The van der Waals surface area contributed by atoms with Crippen LogP contribution in [-0.2, 0) is 0 Å². The minimum atomic E-state index is -0.0128. The van der Waals surface area contributed by atoms with Crippen LogP contribution in [0, 0.1) is 0 Å². The van der Waals surface area contributed by atoms with Crippen molar-refractivity contribution in [2.24, 2.45) is 0 Å². The number of halogens is 1. The zero-order valence-electron chi connectivity index (χ0n) is 10.5. The Bertz CT molecular complexity index is 563. The predicted molar refractivity (Wildman–Crippen MR) is 76.7 cm³/mol. The van der Waals surface area contributed by atoms with E-state index in [-0.39, 0.29) is 24.4 Å². The first kappa shape index (κ1) is 13.8. The highest BCUT2D eigenvalue weighted by Crippen LogP contribution is 2.16. The Labute approximate surface area is 117 Å². The van der Waals surface area contributed by atoms with E-state index >= 15 is 0 Å². The summed E-state index contributed by atoms with van der Waals surface area (Å²) < 4.78 is 0. The smallest absolute Gasteiger partial charge is 0.253 e. The molecule has 2 aromatic heterocycles. The van der Waals surface area contributed by atoms with Gasteiger partial charge in [0.25, 0.3) is 5.91 Å². The van der Waals surface area contributed by atoms with E-state index in [9.17, 15) is 4.79 Å². The van der Waals surface area contributed by atoms with E-state index < -0.39 is 0 Å². The molecule has 102 valence electrons. The fourth-order valence-corrected chi connectivity index (χ4v) is 2.38. The van der Waals surface area contributed by atoms with Crippen molar-refractivity contribution >= 4 is 29.2 Å². The Morgan fingerprint density at radius 2 is 2.16 bits per heavy atom. The number of amides is 1. The van der Waals surface area contributed by atoms with Crippen LogP contribution in [0.3, 0.4) is 0 Å². The zero-order chi connectivity index (χ0) is 12.4. The van der Waals surface area contributed by atoms with Crippen LogP contribution in [0.2, 0.25) is 0 Å². The number of carbonyl (C=O) groups is 1. The molecule has 3 heterocycles. The third-order valence-corrected chi connectivity index (χ3v) is 3.40. The number of piperidine rings is 1. The van der Waals surface area contributed by atoms with Crippen molar-refractivity contribution in [2.75, 3.05) is 13.1 Å². The third-order valence-electron chi connectivity index (χ3n) is 3.40. The number of nitrogens with one attached hydrogen (secondary N) is 3. The molecule has 0 radical (unpaired) electrons. The minimum absolute atomic E-state index is 0. The SMILES string of the molecule is Cl.O=C(NC1CCNCC1)c1c[nH]c2ccncc12. The van der Waals surface area contributed by atoms with Gasteiger partial charge < -0.3 is 15.6 Å². The molecular formula is C13H17ClN4O. The van der Waals surface area contributed by atoms with Crippen LogP contribution < -0.4 is 10.6 Å². The van der Waals surface area contributed by atoms with Gasteiger partial charge in [0.1, 0.15) is 0 Å². The third kappa shape index (κ3) is 2.88. The van der Waals surface area contributed by atoms with E-state index in [1.807, 2.05) is 6.07 Å². The number of rotatable bonds is 2. The summed E-state index contributed by atoms with van der Waals surface area (Å²) >= 11 is 0. The Morgan fingerprint density at radius 3 is 2.95 bits per heavy atom. The van der Waals surface area contributed by atoms with E-state index in [4.69, 9.17) is 0 Å². The first-order valence-electron chi connectivity index (χ1n) is 6.27. The molecule has 0 aromatic carbocycles. The lowest BCUT2D eigenvalue weighted by atomic mass is 10.1. The van der Waals surface area contributed by atoms with Crippen molar-refractivity contribution in [1.29, 1.82) is 0 Å². The van der Waals surface area contributed by atoms with E-state index in [1.54, 1.807) is 18.6 Å². The molecule has 1 aliphatic rings. The summed E-state index contributed by atoms with van der Waals surface area (Å²) in [6.07, 6.45) is 7.18. The molecule has 0 saturated carbocycles. The molecule has 5 nitrogen and oxygen atoms in total. The molecule has 1 aliphatic heterocycles. The molecule has 1 saturated heterocycles. The van der Waals surface area contributed by atoms with Crippen molar-refractivity contribution < 1.29 is 4.79 Å². The Morgan fingerprint density at radius 1 is 1.37 bits per heavy atom. The number of hydrogen-bond acceptors (Lipinski definition) is 3. The summed E-state index contributed by atoms with van der Waals surface area (Å²) in [4.78, 5) is 19.4. The molecule has 0 spiro atoms. The topological polar surface area (TPSA) is 69.8 Å². The molecule has 19 heavy (non-hydrogen) atoms. The van der Waals surface area contributed by atoms with Gasteiger partial charge in [-0.15, -0.1) is 12.4 Å². The van der Waals surface area contributed by atoms with Gasteiger partial charge >= 0.3 is 0 Å². The highest BCUT2D eigenvalue weighted by atomic mass is 35.5. The second-order valence-electron chi connectivity index (χ2n) is 4.62. The van der Waals surface area contributed by atoms with E-state index in [0.29, 0.717) is 5.56 Å². The lowest BCUT2D eigenvalue weighted by Gasteiger charge is -2.23. The molecule has 2 aromatic rings. The molecule has 3 N–H and O–H groups in total. The molecule has 0 aliphatic carbocycles. The van der Waals surface area contributed by atoms with Gasteiger partial charge in [-0.1, -0.05) is 0 Å². The number of pyridine rings is 1. The molecular weight excluding hydrogens is 264 g/mol. The molecule has 6 heteroatoms. The van der Waals surface area contributed by atoms with Crippen LogP contribution in [0.15, 0.2) is 24.7 Å². The lowest BCUT2D eigenvalue weighted by molar-refractivity contribution is 0.0931. The van der Waals surface area contributed by atoms with Crippen LogP contribution in [-0.4, -0.2) is 35.0 Å². The van der Waals surface area contributed by atoms with Crippen molar-refractivity contribution in [3.05, 3.63) is 30.2 Å². The average Bonchev–Trinajstić information content (AvgIpc) is 2.84. The van der Waals surface area contributed by atoms with Crippen LogP contribution >= 0.6 is 12.4 Å². The van der Waals surface area contributed by atoms with Crippen molar-refractivity contribution in [3.63, 3.8) is 0 Å². The average molecular weight is 281 g/mol. The molecule has 0 atom stereocenters. The quantitative estimate of drug-likeness (QED) is 0.780. The van der Waals surface area contributed by atoms with Gasteiger partial charge in [-0.3, -0.25) is 9.78 Å². The second-order valence-corrected chi connectivity index (χ2v) is 4.62. The van der Waals surface area contributed by atoms with Crippen LogP contribution in [0.4, 0.5) is 0 Å². The Hall–Kier alpha value is -1.59. The lowest BCUT2D eigenvalue weighted by Crippen LogP contribution is -2.42. The molecule has 1 fully saturated rings. The summed E-state index contributed by atoms with van der Waals surface area (Å²) in [6.45, 7) is 1.95. The highest BCUT2D eigenvalue weighted by molar-refractivity contribution is 6.06. The summed E-state index contributed by atoms with van der Waals surface area (Å²) in [7, 11) is 0. The fourth-order valence-electron chi connectivity index (χ4n) is 2.38. The highest BCUT2D eigenvalue weighted by Gasteiger charge is 2.18. The molecule has 0 bridgehead atoms. The fraction of sp³-hybridized carbons (Fsp3) is 0.385. The summed E-state index contributed by atoms with van der Waals surface area (Å²) in [6, 6.07) is 2.15.